The van der Waals surface area contributed by atoms with Crippen molar-refractivity contribution in [1.82, 2.24) is 5.32 Å². The molecule has 2 heterocycles. The molecule has 0 aromatic rings. The van der Waals surface area contributed by atoms with E-state index in [9.17, 15) is 19.4 Å². The first-order valence-corrected chi connectivity index (χ1v) is 7.86. The minimum Gasteiger partial charge on any atom is -0.444 e. The summed E-state index contributed by atoms with van der Waals surface area (Å²) < 4.78 is 24.8. The van der Waals surface area contributed by atoms with Crippen LogP contribution >= 0.6 is 11.8 Å². The Morgan fingerprint density at radius 2 is 2.18 bits per heavy atom. The van der Waals surface area contributed by atoms with Crippen molar-refractivity contribution in [3.05, 3.63) is 0 Å². The van der Waals surface area contributed by atoms with Gasteiger partial charge in [0.2, 0.25) is 0 Å². The van der Waals surface area contributed by atoms with Crippen LogP contribution in [0.25, 0.3) is 0 Å². The summed E-state index contributed by atoms with van der Waals surface area (Å²) in [5.74, 6) is 0. The summed E-state index contributed by atoms with van der Waals surface area (Å²) in [5, 5.41) is 22.0. The molecule has 7 nitrogen and oxygen atoms in total. The molecule has 0 spiro atoms. The van der Waals surface area contributed by atoms with Crippen molar-refractivity contribution in [2.75, 3.05) is 0 Å². The molecular weight excluding hydrogens is 315 g/mol. The van der Waals surface area contributed by atoms with Crippen molar-refractivity contribution in [2.24, 2.45) is 4.99 Å². The number of carbonyl (C=O) groups excluding carboxylic acids is 1. The van der Waals surface area contributed by atoms with Crippen LogP contribution in [0.15, 0.2) is 4.99 Å². The van der Waals surface area contributed by atoms with E-state index in [1.807, 2.05) is 0 Å². The number of halogens is 1. The molecule has 1 fully saturated rings. The van der Waals surface area contributed by atoms with Crippen LogP contribution in [0.3, 0.4) is 0 Å². The quantitative estimate of drug-likeness (QED) is 0.654. The third kappa shape index (κ3) is 3.89. The largest absolute Gasteiger partial charge is 0.444 e. The summed E-state index contributed by atoms with van der Waals surface area (Å²) in [6.45, 7) is 6.59. The Morgan fingerprint density at radius 3 is 2.73 bits per heavy atom. The van der Waals surface area contributed by atoms with Gasteiger partial charge in [0.1, 0.15) is 29.3 Å². The van der Waals surface area contributed by atoms with Crippen LogP contribution in [-0.4, -0.2) is 63.0 Å². The number of ether oxygens (including phenoxy) is 2. The summed E-state index contributed by atoms with van der Waals surface area (Å²) >= 11 is 1.03. The Bertz CT molecular complexity index is 468. The van der Waals surface area contributed by atoms with Crippen LogP contribution in [0, 0.1) is 0 Å². The van der Waals surface area contributed by atoms with Crippen molar-refractivity contribution < 1.29 is 28.9 Å². The number of aliphatic hydroxyl groups is 2. The molecule has 0 bridgehead atoms. The van der Waals surface area contributed by atoms with Gasteiger partial charge in [-0.05, 0) is 27.7 Å². The van der Waals surface area contributed by atoms with E-state index in [-0.39, 0.29) is 5.17 Å². The van der Waals surface area contributed by atoms with Gasteiger partial charge in [-0.25, -0.2) is 9.18 Å². The number of amides is 1. The highest BCUT2D eigenvalue weighted by molar-refractivity contribution is 8.14. The van der Waals surface area contributed by atoms with E-state index in [1.54, 1.807) is 20.8 Å². The number of nitrogens with one attached hydrogen (secondary N) is 1. The molecular formula is C13H21FN2O5S. The highest BCUT2D eigenvalue weighted by Crippen LogP contribution is 2.38. The summed E-state index contributed by atoms with van der Waals surface area (Å²) in [6.07, 6.45) is -5.88. The van der Waals surface area contributed by atoms with Crippen LogP contribution in [0.2, 0.25) is 0 Å². The van der Waals surface area contributed by atoms with Gasteiger partial charge in [-0.15, -0.1) is 0 Å². The standard InChI is InChI=1S/C13H21FN2O5S/c1-5(17)9-8(18)6(14)7-10(20-9)22-11(15-7)16-12(19)21-13(2,3)4/h5-10,17-18H,1-4H3,(H,15,16,19)/t5-,6+,7+,8-,9+,10+/m0/s1. The fourth-order valence-corrected chi connectivity index (χ4v) is 3.29. The molecule has 1 saturated heterocycles. The van der Waals surface area contributed by atoms with Gasteiger partial charge >= 0.3 is 6.09 Å². The number of amidine groups is 1. The topological polar surface area (TPSA) is 100 Å². The Balaban J connectivity index is 2.01. The molecule has 2 aliphatic rings. The number of alkyl halides is 1. The SMILES string of the molecule is C[C@H](O)[C@H]1O[C@@H]2SC(NC(=O)OC(C)(C)C)=N[C@@H]2[C@@H](F)[C@@H]1O. The highest BCUT2D eigenvalue weighted by atomic mass is 32.2. The summed E-state index contributed by atoms with van der Waals surface area (Å²) in [6, 6.07) is -0.931. The Hall–Kier alpha value is -0.900. The highest BCUT2D eigenvalue weighted by Gasteiger charge is 2.50. The molecule has 9 heteroatoms. The lowest BCUT2D eigenvalue weighted by atomic mass is 9.97. The van der Waals surface area contributed by atoms with E-state index < -0.39 is 47.7 Å². The van der Waals surface area contributed by atoms with Crippen molar-refractivity contribution in [3.8, 4) is 0 Å². The number of fused-ring (bicyclic) bond motifs is 1. The lowest BCUT2D eigenvalue weighted by Crippen LogP contribution is -2.56. The molecule has 0 aromatic heterocycles. The van der Waals surface area contributed by atoms with Crippen LogP contribution in [0.1, 0.15) is 27.7 Å². The molecule has 3 N–H and O–H groups in total. The predicted octanol–water partition coefficient (Wildman–Crippen LogP) is 0.787. The molecule has 0 radical (unpaired) electrons. The second kappa shape index (κ2) is 6.31. The Morgan fingerprint density at radius 1 is 1.55 bits per heavy atom. The first-order chi connectivity index (χ1) is 10.1. The lowest BCUT2D eigenvalue weighted by Gasteiger charge is -2.38. The minimum atomic E-state index is -1.68. The number of rotatable bonds is 1. The molecule has 2 rings (SSSR count). The number of aliphatic hydroxyl groups excluding tert-OH is 2. The fraction of sp³-hybridized carbons (Fsp3) is 0.846. The number of thioether (sulfide) groups is 1. The van der Waals surface area contributed by atoms with Crippen LogP contribution in [0.5, 0.6) is 0 Å². The smallest absolute Gasteiger partial charge is 0.413 e. The first-order valence-electron chi connectivity index (χ1n) is 6.98. The molecule has 1 amide bonds. The van der Waals surface area contributed by atoms with E-state index in [4.69, 9.17) is 9.47 Å². The van der Waals surface area contributed by atoms with Crippen molar-refractivity contribution in [1.29, 1.82) is 0 Å². The van der Waals surface area contributed by atoms with Crippen LogP contribution < -0.4 is 5.32 Å². The molecule has 0 unspecified atom stereocenters. The van der Waals surface area contributed by atoms with Gasteiger partial charge in [0.05, 0.1) is 6.10 Å². The second-order valence-electron chi connectivity index (χ2n) is 6.31. The number of carbonyl (C=O) groups is 1. The van der Waals surface area contributed by atoms with Crippen molar-refractivity contribution >= 4 is 23.0 Å². The summed E-state index contributed by atoms with van der Waals surface area (Å²) in [4.78, 5) is 15.7. The number of alkyl carbamates (subject to hydrolysis) is 1. The van der Waals surface area contributed by atoms with Gasteiger partial charge < -0.3 is 19.7 Å². The third-order valence-electron chi connectivity index (χ3n) is 3.14. The van der Waals surface area contributed by atoms with Crippen LogP contribution in [0.4, 0.5) is 9.18 Å². The van der Waals surface area contributed by atoms with Gasteiger partial charge in [-0.2, -0.15) is 0 Å². The zero-order chi connectivity index (χ0) is 16.7. The van der Waals surface area contributed by atoms with E-state index >= 15 is 0 Å². The normalized spacial score (nSPS) is 36.3. The number of nitrogens with zero attached hydrogens (tertiary/aromatic N) is 1. The summed E-state index contributed by atoms with van der Waals surface area (Å²) in [5.41, 5.74) is -1.36. The number of hydrogen-bond donors (Lipinski definition) is 3. The number of hydrogen-bond acceptors (Lipinski definition) is 7. The summed E-state index contributed by atoms with van der Waals surface area (Å²) in [7, 11) is 0. The second-order valence-corrected chi connectivity index (χ2v) is 7.40. The maximum absolute atomic E-state index is 14.2. The number of aliphatic imine (C=N–C) groups is 1. The predicted molar refractivity (Wildman–Crippen MR) is 79.4 cm³/mol. The van der Waals surface area contributed by atoms with Crippen molar-refractivity contribution in [2.45, 2.75) is 69.3 Å². The lowest BCUT2D eigenvalue weighted by molar-refractivity contribution is -0.165. The van der Waals surface area contributed by atoms with E-state index in [1.165, 1.54) is 6.92 Å². The van der Waals surface area contributed by atoms with Gasteiger partial charge in [0.25, 0.3) is 0 Å². The van der Waals surface area contributed by atoms with Crippen molar-refractivity contribution in [3.63, 3.8) is 0 Å². The maximum Gasteiger partial charge on any atom is 0.413 e. The molecule has 126 valence electrons. The monoisotopic (exact) mass is 336 g/mol. The fourth-order valence-electron chi connectivity index (χ4n) is 2.21. The maximum atomic E-state index is 14.2. The van der Waals surface area contributed by atoms with E-state index in [0.717, 1.165) is 11.8 Å². The molecule has 22 heavy (non-hydrogen) atoms. The average Bonchev–Trinajstić information content (AvgIpc) is 2.73. The zero-order valence-corrected chi connectivity index (χ0v) is 13.6. The molecule has 0 saturated carbocycles. The van der Waals surface area contributed by atoms with Gasteiger partial charge in [-0.1, -0.05) is 11.8 Å². The average molecular weight is 336 g/mol. The minimum absolute atomic E-state index is 0.172. The van der Waals surface area contributed by atoms with Gasteiger partial charge in [-0.3, -0.25) is 10.3 Å². The first kappa shape index (κ1) is 17.5. The van der Waals surface area contributed by atoms with Gasteiger partial charge in [0, 0.05) is 0 Å². The molecule has 0 aromatic carbocycles. The van der Waals surface area contributed by atoms with E-state index in [2.05, 4.69) is 10.3 Å². The Kier molecular flexibility index (Phi) is 5.00. The molecule has 6 atom stereocenters. The van der Waals surface area contributed by atoms with Gasteiger partial charge in [0.15, 0.2) is 11.3 Å². The third-order valence-corrected chi connectivity index (χ3v) is 4.19. The Labute approximate surface area is 132 Å². The zero-order valence-electron chi connectivity index (χ0n) is 12.8. The molecule has 0 aliphatic carbocycles. The van der Waals surface area contributed by atoms with E-state index in [0.29, 0.717) is 0 Å². The van der Waals surface area contributed by atoms with Crippen LogP contribution in [-0.2, 0) is 9.47 Å². The molecule has 2 aliphatic heterocycles.